The van der Waals surface area contributed by atoms with Gasteiger partial charge in [-0.25, -0.2) is 4.68 Å². The Morgan fingerprint density at radius 3 is 2.27 bits per heavy atom. The number of aromatic nitrogens is 3. The third kappa shape index (κ3) is 2.45. The molecule has 0 N–H and O–H groups in total. The molecule has 1 aliphatic rings. The van der Waals surface area contributed by atoms with E-state index in [1.54, 1.807) is 0 Å². The number of rotatable bonds is 2. The average molecular weight is 386 g/mol. The zero-order valence-corrected chi connectivity index (χ0v) is 16.7. The quantitative estimate of drug-likeness (QED) is 0.360. The lowest BCUT2D eigenvalue weighted by Gasteiger charge is -2.06. The number of fused-ring (bicyclic) bond motifs is 5. The Labute approximate surface area is 175 Å². The Morgan fingerprint density at radius 1 is 0.767 bits per heavy atom. The fraction of sp³-hybridized carbons (Fsp3) is 0.0370. The Morgan fingerprint density at radius 2 is 1.47 bits per heavy atom. The van der Waals surface area contributed by atoms with Gasteiger partial charge in [-0.15, -0.1) is 4.57 Å². The van der Waals surface area contributed by atoms with Gasteiger partial charge in [0.2, 0.25) is 11.2 Å². The maximum absolute atomic E-state index is 4.96. The lowest BCUT2D eigenvalue weighted by molar-refractivity contribution is -0.566. The zero-order chi connectivity index (χ0) is 20.1. The lowest BCUT2D eigenvalue weighted by Crippen LogP contribution is -2.33. The summed E-state index contributed by atoms with van der Waals surface area (Å²) in [6.45, 7) is 2.10. The van der Waals surface area contributed by atoms with E-state index in [4.69, 9.17) is 5.10 Å². The van der Waals surface area contributed by atoms with Gasteiger partial charge in [0.15, 0.2) is 5.69 Å². The summed E-state index contributed by atoms with van der Waals surface area (Å²) in [4.78, 5) is 0. The summed E-state index contributed by atoms with van der Waals surface area (Å²) < 4.78 is 4.45. The standard InChI is InChI=1S/C27H20N3/c1-19-26-27(30(28-19)22-13-6-3-7-14-22)23(18-20-10-4-2-5-11-20)25-17-16-21-12-8-9-15-24(21)29(25)26/h2-18H,1H3/q+1/b23-18+. The number of benzene rings is 3. The molecule has 3 aromatic carbocycles. The van der Waals surface area contributed by atoms with Gasteiger partial charge in [0, 0.05) is 17.5 Å². The lowest BCUT2D eigenvalue weighted by atomic mass is 10.1. The van der Waals surface area contributed by atoms with Crippen molar-refractivity contribution in [2.45, 2.75) is 6.92 Å². The number of hydrogen-bond acceptors (Lipinski definition) is 1. The van der Waals surface area contributed by atoms with E-state index in [0.29, 0.717) is 0 Å². The highest BCUT2D eigenvalue weighted by Gasteiger charge is 2.40. The van der Waals surface area contributed by atoms with Gasteiger partial charge in [0.05, 0.1) is 11.3 Å². The van der Waals surface area contributed by atoms with E-state index < -0.39 is 0 Å². The molecule has 0 aliphatic carbocycles. The summed E-state index contributed by atoms with van der Waals surface area (Å²) in [6, 6.07) is 33.9. The Hall–Kier alpha value is -3.98. The molecule has 3 heteroatoms. The fourth-order valence-corrected chi connectivity index (χ4v) is 4.42. The second kappa shape index (κ2) is 6.53. The molecule has 0 spiro atoms. The van der Waals surface area contributed by atoms with Crippen LogP contribution < -0.4 is 4.57 Å². The molecule has 0 saturated carbocycles. The smallest absolute Gasteiger partial charge is 0.226 e. The minimum absolute atomic E-state index is 1.02. The summed E-state index contributed by atoms with van der Waals surface area (Å²) >= 11 is 0. The monoisotopic (exact) mass is 386 g/mol. The van der Waals surface area contributed by atoms with Gasteiger partial charge in [-0.2, -0.15) is 5.10 Å². The number of pyridine rings is 1. The zero-order valence-electron chi connectivity index (χ0n) is 16.7. The Kier molecular flexibility index (Phi) is 3.68. The van der Waals surface area contributed by atoms with E-state index in [2.05, 4.69) is 113 Å². The largest absolute Gasteiger partial charge is 0.261 e. The Bertz CT molecular complexity index is 1430. The van der Waals surface area contributed by atoms with E-state index in [1.807, 2.05) is 6.07 Å². The molecule has 0 atom stereocenters. The van der Waals surface area contributed by atoms with Crippen LogP contribution in [0.5, 0.6) is 0 Å². The predicted octanol–water partition coefficient (Wildman–Crippen LogP) is 5.51. The van der Waals surface area contributed by atoms with Crippen molar-refractivity contribution in [3.05, 3.63) is 120 Å². The molecular weight excluding hydrogens is 366 g/mol. The van der Waals surface area contributed by atoms with Crippen LogP contribution in [0.15, 0.2) is 97.1 Å². The number of hydrogen-bond donors (Lipinski definition) is 0. The first-order chi connectivity index (χ1) is 14.8. The van der Waals surface area contributed by atoms with Crippen LogP contribution in [-0.2, 0) is 0 Å². The van der Waals surface area contributed by atoms with Crippen molar-refractivity contribution in [1.82, 2.24) is 9.78 Å². The number of aryl methyl sites for hydroxylation is 1. The van der Waals surface area contributed by atoms with Crippen LogP contribution in [0.25, 0.3) is 33.9 Å². The predicted molar refractivity (Wildman–Crippen MR) is 121 cm³/mol. The SMILES string of the molecule is Cc1nn(-c2ccccc2)c2c1-[n+]1c(ccc3ccccc31)/C2=C\c1ccccc1. The molecule has 142 valence electrons. The van der Waals surface area contributed by atoms with E-state index in [-0.39, 0.29) is 0 Å². The number of para-hydroxylation sites is 2. The van der Waals surface area contributed by atoms with E-state index in [9.17, 15) is 0 Å². The van der Waals surface area contributed by atoms with Crippen LogP contribution in [-0.4, -0.2) is 9.78 Å². The van der Waals surface area contributed by atoms with Gasteiger partial charge < -0.3 is 0 Å². The molecular formula is C27H20N3+. The van der Waals surface area contributed by atoms with Crippen molar-refractivity contribution in [2.24, 2.45) is 0 Å². The molecule has 6 rings (SSSR count). The summed E-state index contributed by atoms with van der Waals surface area (Å²) in [5, 5.41) is 6.18. The topological polar surface area (TPSA) is 21.7 Å². The summed E-state index contributed by atoms with van der Waals surface area (Å²) in [5.74, 6) is 0. The van der Waals surface area contributed by atoms with Crippen molar-refractivity contribution in [1.29, 1.82) is 0 Å². The maximum Gasteiger partial charge on any atom is 0.261 e. The van der Waals surface area contributed by atoms with Crippen molar-refractivity contribution in [3.8, 4) is 11.4 Å². The molecule has 0 amide bonds. The molecule has 5 aromatic rings. The van der Waals surface area contributed by atoms with Gasteiger partial charge in [-0.05, 0) is 42.8 Å². The summed E-state index contributed by atoms with van der Waals surface area (Å²) in [5.41, 5.74) is 9.14. The maximum atomic E-state index is 4.96. The average Bonchev–Trinajstić information content (AvgIpc) is 3.31. The first-order valence-corrected chi connectivity index (χ1v) is 10.2. The molecule has 3 heterocycles. The van der Waals surface area contributed by atoms with Crippen LogP contribution >= 0.6 is 0 Å². The van der Waals surface area contributed by atoms with Gasteiger partial charge in [-0.3, -0.25) is 0 Å². The fourth-order valence-electron chi connectivity index (χ4n) is 4.42. The van der Waals surface area contributed by atoms with Crippen LogP contribution in [0.2, 0.25) is 0 Å². The molecule has 30 heavy (non-hydrogen) atoms. The van der Waals surface area contributed by atoms with Gasteiger partial charge in [-0.1, -0.05) is 60.7 Å². The van der Waals surface area contributed by atoms with Crippen molar-refractivity contribution >= 4 is 22.6 Å². The van der Waals surface area contributed by atoms with Crippen LogP contribution in [0.4, 0.5) is 0 Å². The van der Waals surface area contributed by atoms with Crippen molar-refractivity contribution in [3.63, 3.8) is 0 Å². The van der Waals surface area contributed by atoms with Crippen molar-refractivity contribution in [2.75, 3.05) is 0 Å². The minimum Gasteiger partial charge on any atom is -0.226 e. The highest BCUT2D eigenvalue weighted by atomic mass is 15.3. The molecule has 0 fully saturated rings. The van der Waals surface area contributed by atoms with Crippen molar-refractivity contribution < 1.29 is 4.57 Å². The minimum atomic E-state index is 1.02. The van der Waals surface area contributed by atoms with Crippen LogP contribution in [0.3, 0.4) is 0 Å². The molecule has 3 nitrogen and oxygen atoms in total. The molecule has 2 aromatic heterocycles. The van der Waals surface area contributed by atoms with Crippen LogP contribution in [0, 0.1) is 6.92 Å². The van der Waals surface area contributed by atoms with Crippen LogP contribution in [0.1, 0.15) is 22.6 Å². The van der Waals surface area contributed by atoms with E-state index in [0.717, 1.165) is 22.8 Å². The number of nitrogens with zero attached hydrogens (tertiary/aromatic N) is 3. The van der Waals surface area contributed by atoms with Gasteiger partial charge >= 0.3 is 0 Å². The molecule has 1 aliphatic heterocycles. The molecule has 0 bridgehead atoms. The second-order valence-corrected chi connectivity index (χ2v) is 7.61. The molecule has 0 saturated heterocycles. The Balaban J connectivity index is 1.73. The summed E-state index contributed by atoms with van der Waals surface area (Å²) in [7, 11) is 0. The first kappa shape index (κ1) is 16.9. The first-order valence-electron chi connectivity index (χ1n) is 10.2. The highest BCUT2D eigenvalue weighted by Crippen LogP contribution is 2.37. The van der Waals surface area contributed by atoms with E-state index in [1.165, 1.54) is 27.7 Å². The normalized spacial score (nSPS) is 13.6. The van der Waals surface area contributed by atoms with Gasteiger partial charge in [0.1, 0.15) is 5.69 Å². The van der Waals surface area contributed by atoms with Gasteiger partial charge in [0.25, 0.3) is 5.69 Å². The summed E-state index contributed by atoms with van der Waals surface area (Å²) in [6.07, 6.45) is 2.27. The highest BCUT2D eigenvalue weighted by molar-refractivity contribution is 5.95. The molecule has 0 radical (unpaired) electrons. The van der Waals surface area contributed by atoms with E-state index >= 15 is 0 Å². The third-order valence-corrected chi connectivity index (χ3v) is 5.73. The third-order valence-electron chi connectivity index (χ3n) is 5.73. The molecule has 0 unspecified atom stereocenters. The second-order valence-electron chi connectivity index (χ2n) is 7.61.